The van der Waals surface area contributed by atoms with Crippen LogP contribution in [-0.4, -0.2) is 28.1 Å². The molecule has 0 aliphatic heterocycles. The molecular formula is C9H7F3N2O3. The van der Waals surface area contributed by atoms with Crippen LogP contribution in [0.25, 0.3) is 0 Å². The molecule has 2 N–H and O–H groups in total. The second-order valence-electron chi connectivity index (χ2n) is 3.07. The first kappa shape index (κ1) is 12.9. The van der Waals surface area contributed by atoms with Gasteiger partial charge in [0.15, 0.2) is 0 Å². The molecule has 0 spiro atoms. The van der Waals surface area contributed by atoms with Gasteiger partial charge in [-0.25, -0.2) is 4.98 Å². The minimum Gasteiger partial charge on any atom is -0.481 e. The van der Waals surface area contributed by atoms with Crippen LogP contribution in [0.5, 0.6) is 0 Å². The Hall–Kier alpha value is -2.12. The van der Waals surface area contributed by atoms with Gasteiger partial charge in [0.25, 0.3) is 0 Å². The fourth-order valence-corrected chi connectivity index (χ4v) is 0.965. The van der Waals surface area contributed by atoms with Crippen LogP contribution in [0.4, 0.5) is 19.0 Å². The number of carbonyl (C=O) groups is 2. The molecule has 0 unspecified atom stereocenters. The van der Waals surface area contributed by atoms with Crippen LogP contribution < -0.4 is 5.32 Å². The number of hydrogen-bond acceptors (Lipinski definition) is 3. The maximum absolute atomic E-state index is 11.9. The van der Waals surface area contributed by atoms with E-state index in [1.54, 1.807) is 0 Å². The third kappa shape index (κ3) is 4.09. The van der Waals surface area contributed by atoms with Crippen molar-refractivity contribution in [3.63, 3.8) is 0 Å². The van der Waals surface area contributed by atoms with Crippen molar-refractivity contribution in [2.24, 2.45) is 0 Å². The maximum Gasteiger partial charge on any atom is 0.471 e. The van der Waals surface area contributed by atoms with Gasteiger partial charge in [-0.15, -0.1) is 0 Å². The largest absolute Gasteiger partial charge is 0.481 e. The molecule has 0 bridgehead atoms. The van der Waals surface area contributed by atoms with E-state index in [0.717, 1.165) is 12.3 Å². The fourth-order valence-electron chi connectivity index (χ4n) is 0.965. The summed E-state index contributed by atoms with van der Waals surface area (Å²) in [6, 6.07) is 2.37. The zero-order valence-electron chi connectivity index (χ0n) is 8.28. The first-order chi connectivity index (χ1) is 7.79. The molecule has 8 heteroatoms. The van der Waals surface area contributed by atoms with Gasteiger partial charge in [-0.1, -0.05) is 6.07 Å². The summed E-state index contributed by atoms with van der Waals surface area (Å²) in [5.41, 5.74) is 0.322. The summed E-state index contributed by atoms with van der Waals surface area (Å²) in [7, 11) is 0. The Morgan fingerprint density at radius 1 is 1.35 bits per heavy atom. The van der Waals surface area contributed by atoms with E-state index in [1.807, 2.05) is 0 Å². The summed E-state index contributed by atoms with van der Waals surface area (Å²) >= 11 is 0. The van der Waals surface area contributed by atoms with Gasteiger partial charge in [0.05, 0.1) is 6.42 Å². The molecule has 1 heterocycles. The maximum atomic E-state index is 11.9. The highest BCUT2D eigenvalue weighted by molar-refractivity contribution is 5.94. The number of nitrogens with zero attached hydrogens (tertiary/aromatic N) is 1. The van der Waals surface area contributed by atoms with Gasteiger partial charge in [-0.05, 0) is 11.6 Å². The number of nitrogens with one attached hydrogen (secondary N) is 1. The number of halogens is 3. The SMILES string of the molecule is O=C(O)Cc1ccc(NC(=O)C(F)(F)F)nc1. The van der Waals surface area contributed by atoms with Crippen LogP contribution in [0.3, 0.4) is 0 Å². The molecular weight excluding hydrogens is 241 g/mol. The summed E-state index contributed by atoms with van der Waals surface area (Å²) in [5, 5.41) is 9.98. The van der Waals surface area contributed by atoms with Crippen molar-refractivity contribution in [2.75, 3.05) is 5.32 Å². The summed E-state index contributed by atoms with van der Waals surface area (Å²) < 4.78 is 35.6. The second-order valence-corrected chi connectivity index (χ2v) is 3.07. The van der Waals surface area contributed by atoms with E-state index in [-0.39, 0.29) is 12.2 Å². The standard InChI is InChI=1S/C9H7F3N2O3/c10-9(11,12)8(17)14-6-2-1-5(4-13-6)3-7(15)16/h1-2,4H,3H2,(H,15,16)(H,13,14,17). The molecule has 0 aliphatic carbocycles. The van der Waals surface area contributed by atoms with Crippen molar-refractivity contribution < 1.29 is 27.9 Å². The molecule has 0 fully saturated rings. The monoisotopic (exact) mass is 248 g/mol. The molecule has 0 radical (unpaired) electrons. The summed E-state index contributed by atoms with van der Waals surface area (Å²) in [5.74, 6) is -3.50. The number of aromatic nitrogens is 1. The van der Waals surface area contributed by atoms with Crippen LogP contribution in [0, 0.1) is 0 Å². The van der Waals surface area contributed by atoms with E-state index in [9.17, 15) is 22.8 Å². The molecule has 0 atom stereocenters. The lowest BCUT2D eigenvalue weighted by molar-refractivity contribution is -0.167. The van der Waals surface area contributed by atoms with E-state index < -0.39 is 18.1 Å². The molecule has 0 saturated carbocycles. The van der Waals surface area contributed by atoms with Gasteiger partial charge in [0, 0.05) is 6.20 Å². The number of hydrogen-bond donors (Lipinski definition) is 2. The van der Waals surface area contributed by atoms with E-state index in [1.165, 1.54) is 11.4 Å². The van der Waals surface area contributed by atoms with Gasteiger partial charge >= 0.3 is 18.1 Å². The third-order valence-corrected chi connectivity index (χ3v) is 1.68. The number of carbonyl (C=O) groups excluding carboxylic acids is 1. The van der Waals surface area contributed by atoms with Crippen LogP contribution in [0.15, 0.2) is 18.3 Å². The smallest absolute Gasteiger partial charge is 0.471 e. The number of anilines is 1. The number of rotatable bonds is 3. The average molecular weight is 248 g/mol. The number of pyridine rings is 1. The number of aliphatic carboxylic acids is 1. The lowest BCUT2D eigenvalue weighted by Crippen LogP contribution is -2.30. The highest BCUT2D eigenvalue weighted by Crippen LogP contribution is 2.17. The van der Waals surface area contributed by atoms with Gasteiger partial charge < -0.3 is 10.4 Å². The van der Waals surface area contributed by atoms with Crippen LogP contribution in [-0.2, 0) is 16.0 Å². The van der Waals surface area contributed by atoms with E-state index in [2.05, 4.69) is 4.98 Å². The van der Waals surface area contributed by atoms with Crippen molar-refractivity contribution in [3.8, 4) is 0 Å². The minimum atomic E-state index is -4.98. The fraction of sp³-hybridized carbons (Fsp3) is 0.222. The van der Waals surface area contributed by atoms with Gasteiger partial charge in [0.2, 0.25) is 0 Å². The first-order valence-corrected chi connectivity index (χ1v) is 4.34. The first-order valence-electron chi connectivity index (χ1n) is 4.34. The Kier molecular flexibility index (Phi) is 3.66. The quantitative estimate of drug-likeness (QED) is 0.842. The Labute approximate surface area is 93.3 Å². The van der Waals surface area contributed by atoms with Crippen LogP contribution >= 0.6 is 0 Å². The van der Waals surface area contributed by atoms with Crippen molar-refractivity contribution >= 4 is 17.7 Å². The van der Waals surface area contributed by atoms with Gasteiger partial charge in [0.1, 0.15) is 5.82 Å². The topological polar surface area (TPSA) is 79.3 Å². The third-order valence-electron chi connectivity index (χ3n) is 1.68. The molecule has 92 valence electrons. The molecule has 1 rings (SSSR count). The number of alkyl halides is 3. The molecule has 1 aromatic rings. The summed E-state index contributed by atoms with van der Waals surface area (Å²) in [6.07, 6.45) is -4.19. The minimum absolute atomic E-state index is 0.290. The summed E-state index contributed by atoms with van der Waals surface area (Å²) in [4.78, 5) is 24.3. The van der Waals surface area contributed by atoms with Crippen molar-refractivity contribution in [3.05, 3.63) is 23.9 Å². The Bertz CT molecular complexity index is 428. The normalized spacial score (nSPS) is 11.0. The van der Waals surface area contributed by atoms with E-state index >= 15 is 0 Å². The molecule has 1 aromatic heterocycles. The lowest BCUT2D eigenvalue weighted by atomic mass is 10.2. The number of carboxylic acids is 1. The number of amides is 1. The van der Waals surface area contributed by atoms with E-state index in [0.29, 0.717) is 5.56 Å². The van der Waals surface area contributed by atoms with Crippen molar-refractivity contribution in [1.82, 2.24) is 4.98 Å². The molecule has 17 heavy (non-hydrogen) atoms. The van der Waals surface area contributed by atoms with E-state index in [4.69, 9.17) is 5.11 Å². The van der Waals surface area contributed by atoms with Gasteiger partial charge in [-0.3, -0.25) is 9.59 Å². The van der Waals surface area contributed by atoms with Crippen LogP contribution in [0.2, 0.25) is 0 Å². The molecule has 0 aromatic carbocycles. The molecule has 0 saturated heterocycles. The van der Waals surface area contributed by atoms with Crippen LogP contribution in [0.1, 0.15) is 5.56 Å². The van der Waals surface area contributed by atoms with Crippen molar-refractivity contribution in [2.45, 2.75) is 12.6 Å². The zero-order valence-corrected chi connectivity index (χ0v) is 8.28. The molecule has 5 nitrogen and oxygen atoms in total. The Balaban J connectivity index is 2.69. The average Bonchev–Trinajstić information content (AvgIpc) is 2.18. The predicted molar refractivity (Wildman–Crippen MR) is 50.3 cm³/mol. The van der Waals surface area contributed by atoms with Crippen molar-refractivity contribution in [1.29, 1.82) is 0 Å². The zero-order chi connectivity index (χ0) is 13.1. The number of carboxylic acid groups (broad SMARTS) is 1. The Morgan fingerprint density at radius 3 is 2.41 bits per heavy atom. The Morgan fingerprint density at radius 2 is 2.00 bits per heavy atom. The predicted octanol–water partition coefficient (Wildman–Crippen LogP) is 1.21. The van der Waals surface area contributed by atoms with Gasteiger partial charge in [-0.2, -0.15) is 13.2 Å². The lowest BCUT2D eigenvalue weighted by Gasteiger charge is -2.07. The molecule has 0 aliphatic rings. The second kappa shape index (κ2) is 4.81. The summed E-state index contributed by atoms with van der Waals surface area (Å²) in [6.45, 7) is 0. The highest BCUT2D eigenvalue weighted by Gasteiger charge is 2.38. The highest BCUT2D eigenvalue weighted by atomic mass is 19.4. The molecule has 1 amide bonds.